The largest absolute Gasteiger partial charge is 0.508 e. The minimum Gasteiger partial charge on any atom is -0.508 e. The van der Waals surface area contributed by atoms with Crippen LogP contribution in [0.5, 0.6) is 11.5 Å². The lowest BCUT2D eigenvalue weighted by molar-refractivity contribution is 0.112. The minimum absolute atomic E-state index is 0.0440. The van der Waals surface area contributed by atoms with E-state index in [1.165, 1.54) is 6.07 Å². The number of hydrogen-bond donors (Lipinski definition) is 2. The molecule has 0 amide bonds. The van der Waals surface area contributed by atoms with Gasteiger partial charge >= 0.3 is 0 Å². The highest BCUT2D eigenvalue weighted by atomic mass is 127. The molecule has 3 nitrogen and oxygen atoms in total. The first kappa shape index (κ1) is 8.32. The fourth-order valence-corrected chi connectivity index (χ4v) is 1.43. The summed E-state index contributed by atoms with van der Waals surface area (Å²) in [6.45, 7) is 0. The Hall–Kier alpha value is -0.780. The van der Waals surface area contributed by atoms with Crippen LogP contribution in [-0.4, -0.2) is 16.5 Å². The van der Waals surface area contributed by atoms with E-state index in [1.54, 1.807) is 0 Å². The molecule has 0 fully saturated rings. The Morgan fingerprint density at radius 1 is 1.36 bits per heavy atom. The maximum absolute atomic E-state index is 10.3. The fraction of sp³-hybridized carbons (Fsp3) is 0. The number of halogens is 1. The molecule has 58 valence electrons. The van der Waals surface area contributed by atoms with Crippen LogP contribution >= 0.6 is 22.6 Å². The normalized spacial score (nSPS) is 9.55. The van der Waals surface area contributed by atoms with Crippen LogP contribution in [0.15, 0.2) is 12.1 Å². The van der Waals surface area contributed by atoms with E-state index >= 15 is 0 Å². The van der Waals surface area contributed by atoms with Crippen molar-refractivity contribution in [2.45, 2.75) is 0 Å². The first-order valence-corrected chi connectivity index (χ1v) is 3.89. The molecular weight excluding hydrogens is 259 g/mol. The molecule has 0 heterocycles. The van der Waals surface area contributed by atoms with E-state index in [2.05, 4.69) is 0 Å². The van der Waals surface area contributed by atoms with E-state index in [0.717, 1.165) is 6.07 Å². The second-order valence-electron chi connectivity index (χ2n) is 1.98. The van der Waals surface area contributed by atoms with E-state index in [0.29, 0.717) is 9.86 Å². The Morgan fingerprint density at radius 2 is 2.00 bits per heavy atom. The predicted molar refractivity (Wildman–Crippen MR) is 47.9 cm³/mol. The zero-order chi connectivity index (χ0) is 8.43. The van der Waals surface area contributed by atoms with E-state index in [1.807, 2.05) is 22.6 Å². The average Bonchev–Trinajstić information content (AvgIpc) is 1.85. The van der Waals surface area contributed by atoms with Crippen LogP contribution in [0.4, 0.5) is 0 Å². The van der Waals surface area contributed by atoms with Crippen LogP contribution in [0.25, 0.3) is 0 Å². The van der Waals surface area contributed by atoms with Crippen molar-refractivity contribution in [3.8, 4) is 11.5 Å². The third-order valence-electron chi connectivity index (χ3n) is 1.21. The second kappa shape index (κ2) is 3.08. The predicted octanol–water partition coefficient (Wildman–Crippen LogP) is 1.51. The van der Waals surface area contributed by atoms with Crippen molar-refractivity contribution in [1.82, 2.24) is 0 Å². The number of aldehydes is 1. The van der Waals surface area contributed by atoms with E-state index < -0.39 is 0 Å². The third kappa shape index (κ3) is 1.62. The lowest BCUT2D eigenvalue weighted by atomic mass is 10.2. The lowest BCUT2D eigenvalue weighted by Gasteiger charge is -2.00. The molecule has 0 aliphatic heterocycles. The van der Waals surface area contributed by atoms with Gasteiger partial charge in [0.15, 0.2) is 6.29 Å². The van der Waals surface area contributed by atoms with Gasteiger partial charge in [-0.25, -0.2) is 0 Å². The Morgan fingerprint density at radius 3 is 2.45 bits per heavy atom. The lowest BCUT2D eigenvalue weighted by Crippen LogP contribution is -1.85. The number of phenolic OH excluding ortho intramolecular Hbond substituents is 2. The highest BCUT2D eigenvalue weighted by molar-refractivity contribution is 14.1. The van der Waals surface area contributed by atoms with Gasteiger partial charge in [0.05, 0.1) is 5.56 Å². The van der Waals surface area contributed by atoms with Gasteiger partial charge in [-0.1, -0.05) is 0 Å². The standard InChI is InChI=1S/C7H5IO3/c8-6-1-4(10)2-7(11)5(6)3-9/h1-3,10-11H. The van der Waals surface area contributed by atoms with Crippen LogP contribution in [0.3, 0.4) is 0 Å². The van der Waals surface area contributed by atoms with Gasteiger partial charge in [0.25, 0.3) is 0 Å². The van der Waals surface area contributed by atoms with Crippen molar-refractivity contribution < 1.29 is 15.0 Å². The summed E-state index contributed by atoms with van der Waals surface area (Å²) in [6, 6.07) is 2.54. The Balaban J connectivity index is 3.36. The number of carbonyl (C=O) groups excluding carboxylic acids is 1. The molecule has 2 N–H and O–H groups in total. The molecular formula is C7H5IO3. The van der Waals surface area contributed by atoms with Crippen molar-refractivity contribution in [3.63, 3.8) is 0 Å². The van der Waals surface area contributed by atoms with Gasteiger partial charge in [-0.05, 0) is 28.7 Å². The van der Waals surface area contributed by atoms with Crippen LogP contribution in [0, 0.1) is 3.57 Å². The molecule has 1 aromatic rings. The summed E-state index contributed by atoms with van der Waals surface area (Å²) < 4.78 is 0.537. The molecule has 4 heteroatoms. The molecule has 0 atom stereocenters. The Labute approximate surface area is 76.8 Å². The smallest absolute Gasteiger partial charge is 0.154 e. The van der Waals surface area contributed by atoms with Gasteiger partial charge in [0.1, 0.15) is 11.5 Å². The zero-order valence-corrected chi connectivity index (χ0v) is 7.57. The molecule has 1 rings (SSSR count). The number of hydrogen-bond acceptors (Lipinski definition) is 3. The molecule has 0 unspecified atom stereocenters. The first-order chi connectivity index (χ1) is 5.15. The van der Waals surface area contributed by atoms with Gasteiger partial charge in [-0.2, -0.15) is 0 Å². The van der Waals surface area contributed by atoms with Crippen molar-refractivity contribution in [1.29, 1.82) is 0 Å². The summed E-state index contributed by atoms with van der Waals surface area (Å²) in [7, 11) is 0. The average molecular weight is 264 g/mol. The van der Waals surface area contributed by atoms with Gasteiger partial charge in [0, 0.05) is 9.64 Å². The van der Waals surface area contributed by atoms with E-state index in [4.69, 9.17) is 10.2 Å². The molecule has 0 bridgehead atoms. The number of carbonyl (C=O) groups is 1. The molecule has 11 heavy (non-hydrogen) atoms. The van der Waals surface area contributed by atoms with Gasteiger partial charge < -0.3 is 10.2 Å². The molecule has 0 aliphatic rings. The molecule has 0 aromatic heterocycles. The van der Waals surface area contributed by atoms with Crippen LogP contribution in [0.2, 0.25) is 0 Å². The monoisotopic (exact) mass is 264 g/mol. The number of phenols is 2. The zero-order valence-electron chi connectivity index (χ0n) is 5.41. The van der Waals surface area contributed by atoms with Crippen LogP contribution in [-0.2, 0) is 0 Å². The van der Waals surface area contributed by atoms with Gasteiger partial charge in [-0.15, -0.1) is 0 Å². The molecule has 0 saturated carbocycles. The fourth-order valence-electron chi connectivity index (χ4n) is 0.706. The highest BCUT2D eigenvalue weighted by Crippen LogP contribution is 2.26. The van der Waals surface area contributed by atoms with E-state index in [-0.39, 0.29) is 17.1 Å². The molecule has 0 spiro atoms. The summed E-state index contributed by atoms with van der Waals surface area (Å²) in [5, 5.41) is 18.0. The SMILES string of the molecule is O=Cc1c(O)cc(O)cc1I. The summed E-state index contributed by atoms with van der Waals surface area (Å²) in [4.78, 5) is 10.3. The van der Waals surface area contributed by atoms with Crippen molar-refractivity contribution in [2.75, 3.05) is 0 Å². The maximum Gasteiger partial charge on any atom is 0.154 e. The summed E-state index contributed by atoms with van der Waals surface area (Å²) >= 11 is 1.86. The van der Waals surface area contributed by atoms with Crippen molar-refractivity contribution in [2.24, 2.45) is 0 Å². The highest BCUT2D eigenvalue weighted by Gasteiger charge is 2.05. The van der Waals surface area contributed by atoms with Gasteiger partial charge in [-0.3, -0.25) is 4.79 Å². The number of rotatable bonds is 1. The Kier molecular flexibility index (Phi) is 2.33. The number of benzene rings is 1. The first-order valence-electron chi connectivity index (χ1n) is 2.82. The topological polar surface area (TPSA) is 57.5 Å². The van der Waals surface area contributed by atoms with Crippen molar-refractivity contribution >= 4 is 28.9 Å². The minimum atomic E-state index is -0.190. The quantitative estimate of drug-likeness (QED) is 0.597. The summed E-state index contributed by atoms with van der Waals surface area (Å²) in [5.74, 6) is -0.234. The molecule has 0 aliphatic carbocycles. The third-order valence-corrected chi connectivity index (χ3v) is 2.10. The van der Waals surface area contributed by atoms with Crippen molar-refractivity contribution in [3.05, 3.63) is 21.3 Å². The Bertz CT molecular complexity index is 273. The van der Waals surface area contributed by atoms with E-state index in [9.17, 15) is 4.79 Å². The summed E-state index contributed by atoms with van der Waals surface area (Å²) in [6.07, 6.45) is 0.552. The van der Waals surface area contributed by atoms with Gasteiger partial charge in [0.2, 0.25) is 0 Å². The van der Waals surface area contributed by atoms with Crippen LogP contribution in [0.1, 0.15) is 10.4 Å². The second-order valence-corrected chi connectivity index (χ2v) is 3.14. The molecule has 1 aromatic carbocycles. The summed E-state index contributed by atoms with van der Waals surface area (Å²) in [5.41, 5.74) is 0.211. The molecule has 0 radical (unpaired) electrons. The molecule has 0 saturated heterocycles. The van der Waals surface area contributed by atoms with Crippen LogP contribution < -0.4 is 0 Å². The number of aromatic hydroxyl groups is 2. The maximum atomic E-state index is 10.3.